The van der Waals surface area contributed by atoms with Gasteiger partial charge in [0.2, 0.25) is 0 Å². The topological polar surface area (TPSA) is 113 Å². The molecule has 11 heteroatoms. The summed E-state index contributed by atoms with van der Waals surface area (Å²) in [7, 11) is 0. The summed E-state index contributed by atoms with van der Waals surface area (Å²) in [5.74, 6) is -5.29. The van der Waals surface area contributed by atoms with Gasteiger partial charge in [0.1, 0.15) is 17.6 Å². The highest BCUT2D eigenvalue weighted by atomic mass is 35.5. The molecule has 1 aliphatic rings. The van der Waals surface area contributed by atoms with E-state index in [1.54, 1.807) is 0 Å². The van der Waals surface area contributed by atoms with Gasteiger partial charge in [-0.3, -0.25) is 4.79 Å². The normalized spacial score (nSPS) is 20.2. The molecule has 0 saturated carbocycles. The molecule has 0 saturated heterocycles. The Hall–Kier alpha value is -3.32. The van der Waals surface area contributed by atoms with Crippen LogP contribution in [0.2, 0.25) is 5.02 Å². The summed E-state index contributed by atoms with van der Waals surface area (Å²) in [6.07, 6.45) is 1.15. The van der Waals surface area contributed by atoms with Crippen molar-refractivity contribution in [2.24, 2.45) is 10.7 Å². The number of ether oxygens (including phenoxy) is 1. The van der Waals surface area contributed by atoms with Crippen LogP contribution in [0.3, 0.4) is 0 Å². The first kappa shape index (κ1) is 20.4. The van der Waals surface area contributed by atoms with Gasteiger partial charge in [-0.15, -0.1) is 0 Å². The number of nitrogens with zero attached hydrogens (tertiary/aromatic N) is 3. The van der Waals surface area contributed by atoms with Crippen LogP contribution in [-0.4, -0.2) is 29.4 Å². The predicted molar refractivity (Wildman–Crippen MR) is 98.2 cm³/mol. The fourth-order valence-electron chi connectivity index (χ4n) is 2.73. The standard InChI is InChI=1S/C18H13ClF3N5O2/c1-17(18(21,22)8-29-16(24)27-17)11-5-10(2-3-13(11)20)26-15(28)14-12(19)4-9(6-23)7-25-14/h2-5,7H,8H2,1H3,(H2,24,27)(H,26,28)/t17-/m1/s1. The highest BCUT2D eigenvalue weighted by Crippen LogP contribution is 2.44. The van der Waals surface area contributed by atoms with Crippen molar-refractivity contribution in [2.45, 2.75) is 18.4 Å². The largest absolute Gasteiger partial charge is 0.459 e. The van der Waals surface area contributed by atoms with E-state index in [1.807, 2.05) is 6.07 Å². The van der Waals surface area contributed by atoms with Crippen LogP contribution in [0, 0.1) is 17.1 Å². The average Bonchev–Trinajstić information content (AvgIpc) is 2.66. The number of alkyl halides is 2. The fraction of sp³-hybridized carbons (Fsp3) is 0.222. The molecule has 2 heterocycles. The minimum absolute atomic E-state index is 0.00548. The third-order valence-electron chi connectivity index (χ3n) is 4.38. The minimum atomic E-state index is -3.56. The number of aliphatic imine (C=N–C) groups is 1. The SMILES string of the molecule is C[C@]1(c2cc(NC(=O)c3ncc(C#N)cc3Cl)ccc2F)N=C(N)OCC1(F)F. The van der Waals surface area contributed by atoms with Crippen molar-refractivity contribution in [1.29, 1.82) is 5.26 Å². The van der Waals surface area contributed by atoms with E-state index in [0.29, 0.717) is 0 Å². The van der Waals surface area contributed by atoms with E-state index in [-0.39, 0.29) is 22.0 Å². The Morgan fingerprint density at radius 2 is 2.14 bits per heavy atom. The zero-order valence-corrected chi connectivity index (χ0v) is 15.6. The van der Waals surface area contributed by atoms with Gasteiger partial charge in [0.15, 0.2) is 12.1 Å². The van der Waals surface area contributed by atoms with Crippen LogP contribution in [0.4, 0.5) is 18.9 Å². The first-order valence-electron chi connectivity index (χ1n) is 8.10. The number of nitrogens with two attached hydrogens (primary N) is 1. The molecule has 1 aromatic carbocycles. The van der Waals surface area contributed by atoms with Crippen molar-refractivity contribution in [3.8, 4) is 6.07 Å². The summed E-state index contributed by atoms with van der Waals surface area (Å²) in [5, 5.41) is 11.1. The predicted octanol–water partition coefficient (Wildman–Crippen LogP) is 3.19. The van der Waals surface area contributed by atoms with Gasteiger partial charge in [-0.2, -0.15) is 14.0 Å². The summed E-state index contributed by atoms with van der Waals surface area (Å²) in [6.45, 7) is -0.0505. The number of benzene rings is 1. The third-order valence-corrected chi connectivity index (χ3v) is 4.67. The Morgan fingerprint density at radius 1 is 1.41 bits per heavy atom. The molecule has 1 atom stereocenters. The Kier molecular flexibility index (Phi) is 5.11. The second-order valence-corrected chi connectivity index (χ2v) is 6.74. The maximum Gasteiger partial charge on any atom is 0.310 e. The first-order chi connectivity index (χ1) is 13.6. The van der Waals surface area contributed by atoms with Crippen molar-refractivity contribution >= 4 is 29.2 Å². The molecule has 1 amide bonds. The maximum absolute atomic E-state index is 14.5. The minimum Gasteiger partial charge on any atom is -0.459 e. The van der Waals surface area contributed by atoms with Gasteiger partial charge in [-0.05, 0) is 31.2 Å². The Labute approximate surface area is 168 Å². The Balaban J connectivity index is 1.97. The number of amidine groups is 1. The number of hydrogen-bond donors (Lipinski definition) is 2. The molecule has 2 aromatic rings. The molecule has 0 fully saturated rings. The molecule has 0 spiro atoms. The van der Waals surface area contributed by atoms with Gasteiger partial charge in [-0.25, -0.2) is 14.4 Å². The molecule has 0 radical (unpaired) electrons. The van der Waals surface area contributed by atoms with E-state index in [4.69, 9.17) is 22.6 Å². The molecule has 3 N–H and O–H groups in total. The lowest BCUT2D eigenvalue weighted by molar-refractivity contribution is -0.117. The van der Waals surface area contributed by atoms with Crippen LogP contribution in [-0.2, 0) is 10.3 Å². The van der Waals surface area contributed by atoms with Crippen LogP contribution < -0.4 is 11.1 Å². The van der Waals surface area contributed by atoms with Crippen LogP contribution in [0.1, 0.15) is 28.5 Å². The van der Waals surface area contributed by atoms with Crippen LogP contribution in [0.25, 0.3) is 0 Å². The van der Waals surface area contributed by atoms with Gasteiger partial charge in [0.05, 0.1) is 10.6 Å². The van der Waals surface area contributed by atoms with E-state index in [9.17, 15) is 18.0 Å². The van der Waals surface area contributed by atoms with Gasteiger partial charge in [0.25, 0.3) is 11.9 Å². The molecule has 0 bridgehead atoms. The summed E-state index contributed by atoms with van der Waals surface area (Å²) in [4.78, 5) is 19.8. The zero-order chi connectivity index (χ0) is 21.4. The number of carbonyl (C=O) groups excluding carboxylic acids is 1. The molecular weight excluding hydrogens is 411 g/mol. The number of nitrogens with one attached hydrogen (secondary N) is 1. The smallest absolute Gasteiger partial charge is 0.310 e. The number of nitriles is 1. The van der Waals surface area contributed by atoms with Gasteiger partial charge < -0.3 is 15.8 Å². The van der Waals surface area contributed by atoms with E-state index >= 15 is 0 Å². The molecule has 1 aromatic heterocycles. The zero-order valence-electron chi connectivity index (χ0n) is 14.8. The van der Waals surface area contributed by atoms with E-state index in [1.165, 1.54) is 12.1 Å². The highest BCUT2D eigenvalue weighted by molar-refractivity contribution is 6.34. The van der Waals surface area contributed by atoms with Gasteiger partial charge >= 0.3 is 5.92 Å². The average molecular weight is 424 g/mol. The number of rotatable bonds is 3. The number of pyridine rings is 1. The van der Waals surface area contributed by atoms with Gasteiger partial charge in [0, 0.05) is 17.4 Å². The Bertz CT molecular complexity index is 1070. The molecular formula is C18H13ClF3N5O2. The van der Waals surface area contributed by atoms with E-state index < -0.39 is 41.4 Å². The summed E-state index contributed by atoms with van der Waals surface area (Å²) < 4.78 is 48.0. The van der Waals surface area contributed by atoms with Crippen molar-refractivity contribution in [3.63, 3.8) is 0 Å². The molecule has 0 aliphatic carbocycles. The van der Waals surface area contributed by atoms with Crippen molar-refractivity contribution < 1.29 is 22.7 Å². The number of hydrogen-bond acceptors (Lipinski definition) is 6. The van der Waals surface area contributed by atoms with Crippen molar-refractivity contribution in [2.75, 3.05) is 11.9 Å². The number of aromatic nitrogens is 1. The lowest BCUT2D eigenvalue weighted by atomic mass is 9.85. The number of carbonyl (C=O) groups is 1. The molecule has 7 nitrogen and oxygen atoms in total. The maximum atomic E-state index is 14.5. The summed E-state index contributed by atoms with van der Waals surface area (Å²) >= 11 is 5.94. The van der Waals surface area contributed by atoms with E-state index in [2.05, 4.69) is 20.0 Å². The van der Waals surface area contributed by atoms with E-state index in [0.717, 1.165) is 25.3 Å². The number of amides is 1. The molecule has 3 rings (SSSR count). The summed E-state index contributed by atoms with van der Waals surface area (Å²) in [6, 6.07) is 5.71. The lowest BCUT2D eigenvalue weighted by Gasteiger charge is -2.37. The molecule has 1 aliphatic heterocycles. The third kappa shape index (κ3) is 3.69. The number of halogens is 4. The number of anilines is 1. The highest BCUT2D eigenvalue weighted by Gasteiger charge is 2.56. The molecule has 29 heavy (non-hydrogen) atoms. The van der Waals surface area contributed by atoms with Crippen molar-refractivity contribution in [1.82, 2.24) is 4.98 Å². The quantitative estimate of drug-likeness (QED) is 0.787. The molecule has 0 unspecified atom stereocenters. The first-order valence-corrected chi connectivity index (χ1v) is 8.48. The Morgan fingerprint density at radius 3 is 2.79 bits per heavy atom. The van der Waals surface area contributed by atoms with Crippen LogP contribution in [0.15, 0.2) is 35.5 Å². The molecule has 150 valence electrons. The van der Waals surface area contributed by atoms with Crippen LogP contribution in [0.5, 0.6) is 0 Å². The monoisotopic (exact) mass is 423 g/mol. The second kappa shape index (κ2) is 7.25. The second-order valence-electron chi connectivity index (χ2n) is 6.33. The van der Waals surface area contributed by atoms with Crippen LogP contribution >= 0.6 is 11.6 Å². The summed E-state index contributed by atoms with van der Waals surface area (Å²) in [5.41, 5.74) is 2.55. The van der Waals surface area contributed by atoms with Crippen molar-refractivity contribution in [3.05, 3.63) is 58.1 Å². The lowest BCUT2D eigenvalue weighted by Crippen LogP contribution is -2.51. The fourth-order valence-corrected chi connectivity index (χ4v) is 2.98. The van der Waals surface area contributed by atoms with Gasteiger partial charge in [-0.1, -0.05) is 11.6 Å².